The Bertz CT molecular complexity index is 942. The highest BCUT2D eigenvalue weighted by Crippen LogP contribution is 2.31. The van der Waals surface area contributed by atoms with Gasteiger partial charge in [-0.05, 0) is 44.0 Å². The van der Waals surface area contributed by atoms with Crippen LogP contribution in [0.15, 0.2) is 33.6 Å². The summed E-state index contributed by atoms with van der Waals surface area (Å²) in [7, 11) is 1.31. The zero-order valence-corrected chi connectivity index (χ0v) is 17.3. The van der Waals surface area contributed by atoms with Crippen molar-refractivity contribution in [2.75, 3.05) is 34.3 Å². The molecule has 1 fully saturated rings. The molecule has 1 amide bonds. The molecule has 0 spiro atoms. The molecule has 0 N–H and O–H groups in total. The van der Waals surface area contributed by atoms with Gasteiger partial charge in [-0.15, -0.1) is 0 Å². The van der Waals surface area contributed by atoms with E-state index in [1.54, 1.807) is 45.3 Å². The number of piperidine rings is 1. The Labute approximate surface area is 165 Å². The van der Waals surface area contributed by atoms with Crippen molar-refractivity contribution in [2.45, 2.75) is 30.6 Å². The van der Waals surface area contributed by atoms with Crippen molar-refractivity contribution >= 4 is 15.9 Å². The maximum atomic E-state index is 12.8. The number of methoxy groups -OCH3 is 1. The minimum absolute atomic E-state index is 0.00951. The number of aromatic nitrogens is 1. The van der Waals surface area contributed by atoms with Gasteiger partial charge in [0.05, 0.1) is 12.0 Å². The van der Waals surface area contributed by atoms with E-state index in [4.69, 9.17) is 9.15 Å². The molecule has 28 heavy (non-hydrogen) atoms. The van der Waals surface area contributed by atoms with Crippen molar-refractivity contribution in [3.05, 3.63) is 41.6 Å². The van der Waals surface area contributed by atoms with Crippen molar-refractivity contribution in [3.8, 4) is 5.75 Å². The number of ether oxygens (including phenoxy) is 1. The average molecular weight is 407 g/mol. The summed E-state index contributed by atoms with van der Waals surface area (Å²) in [4.78, 5) is 18.2. The van der Waals surface area contributed by atoms with Crippen molar-refractivity contribution in [1.29, 1.82) is 0 Å². The summed E-state index contributed by atoms with van der Waals surface area (Å²) in [6.45, 7) is 2.46. The fraction of sp³-hybridized carbons (Fsp3) is 0.474. The molecule has 9 heteroatoms. The highest BCUT2D eigenvalue weighted by molar-refractivity contribution is 7.89. The molecule has 1 aromatic heterocycles. The van der Waals surface area contributed by atoms with Gasteiger partial charge in [-0.2, -0.15) is 4.31 Å². The Morgan fingerprint density at radius 3 is 2.36 bits per heavy atom. The number of oxazole rings is 1. The standard InChI is InChI=1S/C19H25N3O5S/c1-13-17(19(23)21(2)3)20-18(27-13)14-9-11-22(12-10-14)28(24,25)16-7-5-15(26-4)6-8-16/h5-8,14H,9-12H2,1-4H3. The van der Waals surface area contributed by atoms with Crippen LogP contribution in [0.25, 0.3) is 0 Å². The van der Waals surface area contributed by atoms with E-state index >= 15 is 0 Å². The highest BCUT2D eigenvalue weighted by Gasteiger charge is 2.32. The first-order valence-corrected chi connectivity index (χ1v) is 10.5. The molecule has 0 radical (unpaired) electrons. The molecular formula is C19H25N3O5S. The van der Waals surface area contributed by atoms with Gasteiger partial charge in [0.1, 0.15) is 11.5 Å². The maximum absolute atomic E-state index is 12.8. The second kappa shape index (κ2) is 7.92. The predicted molar refractivity (Wildman–Crippen MR) is 103 cm³/mol. The van der Waals surface area contributed by atoms with Crippen LogP contribution >= 0.6 is 0 Å². The van der Waals surface area contributed by atoms with Gasteiger partial charge in [-0.1, -0.05) is 0 Å². The van der Waals surface area contributed by atoms with Crippen molar-refractivity contribution < 1.29 is 22.4 Å². The number of carbonyl (C=O) groups excluding carboxylic acids is 1. The SMILES string of the molecule is COc1ccc(S(=O)(=O)N2CCC(c3nc(C(=O)N(C)C)c(C)o3)CC2)cc1. The van der Waals surface area contributed by atoms with E-state index in [2.05, 4.69) is 4.98 Å². The van der Waals surface area contributed by atoms with Crippen LogP contribution in [0.5, 0.6) is 5.75 Å². The van der Waals surface area contributed by atoms with Gasteiger partial charge >= 0.3 is 0 Å². The third-order valence-electron chi connectivity index (χ3n) is 4.92. The first-order valence-electron chi connectivity index (χ1n) is 9.07. The van der Waals surface area contributed by atoms with Crippen LogP contribution in [0.2, 0.25) is 0 Å². The Balaban J connectivity index is 1.70. The fourth-order valence-corrected chi connectivity index (χ4v) is 4.71. The molecular weight excluding hydrogens is 382 g/mol. The average Bonchev–Trinajstić information content (AvgIpc) is 3.09. The third kappa shape index (κ3) is 3.90. The van der Waals surface area contributed by atoms with E-state index in [0.717, 1.165) is 0 Å². The number of hydrogen-bond donors (Lipinski definition) is 0. The van der Waals surface area contributed by atoms with Crippen molar-refractivity contribution in [3.63, 3.8) is 0 Å². The summed E-state index contributed by atoms with van der Waals surface area (Å²) in [6.07, 6.45) is 1.18. The van der Waals surface area contributed by atoms with E-state index in [0.29, 0.717) is 49.0 Å². The first kappa shape index (κ1) is 20.3. The van der Waals surface area contributed by atoms with E-state index in [1.165, 1.54) is 16.3 Å². The van der Waals surface area contributed by atoms with Crippen LogP contribution in [-0.2, 0) is 10.0 Å². The lowest BCUT2D eigenvalue weighted by molar-refractivity contribution is 0.0821. The van der Waals surface area contributed by atoms with Crippen LogP contribution in [0.1, 0.15) is 40.9 Å². The van der Waals surface area contributed by atoms with Crippen LogP contribution in [0.4, 0.5) is 0 Å². The number of rotatable bonds is 5. The summed E-state index contributed by atoms with van der Waals surface area (Å²) in [6, 6.07) is 6.38. The van der Waals surface area contributed by atoms with Crippen LogP contribution in [0, 0.1) is 6.92 Å². The number of nitrogens with zero attached hydrogens (tertiary/aromatic N) is 3. The van der Waals surface area contributed by atoms with Crippen LogP contribution in [0.3, 0.4) is 0 Å². The number of sulfonamides is 1. The van der Waals surface area contributed by atoms with E-state index < -0.39 is 10.0 Å². The predicted octanol–water partition coefficient (Wildman–Crippen LogP) is 2.26. The summed E-state index contributed by atoms with van der Waals surface area (Å²) < 4.78 is 38.0. The van der Waals surface area contributed by atoms with Gasteiger partial charge in [0.25, 0.3) is 5.91 Å². The van der Waals surface area contributed by atoms with E-state index in [-0.39, 0.29) is 16.7 Å². The Kier molecular flexibility index (Phi) is 5.76. The minimum atomic E-state index is -3.55. The molecule has 0 atom stereocenters. The van der Waals surface area contributed by atoms with Gasteiger partial charge < -0.3 is 14.1 Å². The second-order valence-corrected chi connectivity index (χ2v) is 8.95. The van der Waals surface area contributed by atoms with Crippen molar-refractivity contribution in [1.82, 2.24) is 14.2 Å². The molecule has 3 rings (SSSR count). The molecule has 1 aromatic carbocycles. The lowest BCUT2D eigenvalue weighted by Crippen LogP contribution is -2.38. The van der Waals surface area contributed by atoms with Gasteiger partial charge in [-0.25, -0.2) is 13.4 Å². The topological polar surface area (TPSA) is 93.0 Å². The zero-order valence-electron chi connectivity index (χ0n) is 16.5. The second-order valence-electron chi connectivity index (χ2n) is 7.01. The van der Waals surface area contributed by atoms with Gasteiger partial charge in [-0.3, -0.25) is 4.79 Å². The minimum Gasteiger partial charge on any atom is -0.497 e. The molecule has 0 unspecified atom stereocenters. The number of benzene rings is 1. The molecule has 1 aliphatic heterocycles. The van der Waals surface area contributed by atoms with Gasteiger partial charge in [0.15, 0.2) is 11.6 Å². The number of aryl methyl sites for hydroxylation is 1. The molecule has 0 bridgehead atoms. The fourth-order valence-electron chi connectivity index (χ4n) is 3.24. The molecule has 0 aliphatic carbocycles. The smallest absolute Gasteiger partial charge is 0.275 e. The third-order valence-corrected chi connectivity index (χ3v) is 6.84. The van der Waals surface area contributed by atoms with Crippen LogP contribution < -0.4 is 4.74 Å². The summed E-state index contributed by atoms with van der Waals surface area (Å²) in [5.41, 5.74) is 0.313. The number of amides is 1. The largest absolute Gasteiger partial charge is 0.497 e. The lowest BCUT2D eigenvalue weighted by atomic mass is 9.98. The van der Waals surface area contributed by atoms with E-state index in [1.807, 2.05) is 0 Å². The molecule has 0 saturated carbocycles. The first-order chi connectivity index (χ1) is 13.2. The molecule has 8 nitrogen and oxygen atoms in total. The summed E-state index contributed by atoms with van der Waals surface area (Å²) in [5.74, 6) is 1.39. The molecule has 1 aliphatic rings. The molecule has 2 aromatic rings. The normalized spacial score (nSPS) is 16.1. The number of hydrogen-bond acceptors (Lipinski definition) is 6. The molecule has 2 heterocycles. The van der Waals surface area contributed by atoms with Crippen LogP contribution in [-0.4, -0.2) is 62.8 Å². The Morgan fingerprint density at radius 2 is 1.82 bits per heavy atom. The molecule has 1 saturated heterocycles. The number of carbonyl (C=O) groups is 1. The Hall–Kier alpha value is -2.39. The lowest BCUT2D eigenvalue weighted by Gasteiger charge is -2.29. The maximum Gasteiger partial charge on any atom is 0.275 e. The quantitative estimate of drug-likeness (QED) is 0.755. The summed E-state index contributed by atoms with van der Waals surface area (Å²) in [5, 5.41) is 0. The Morgan fingerprint density at radius 1 is 1.21 bits per heavy atom. The summed E-state index contributed by atoms with van der Waals surface area (Å²) >= 11 is 0. The van der Waals surface area contributed by atoms with Gasteiger partial charge in [0, 0.05) is 33.1 Å². The van der Waals surface area contributed by atoms with Gasteiger partial charge in [0.2, 0.25) is 10.0 Å². The monoisotopic (exact) mass is 407 g/mol. The zero-order chi connectivity index (χ0) is 20.5. The highest BCUT2D eigenvalue weighted by atomic mass is 32.2. The van der Waals surface area contributed by atoms with Crippen molar-refractivity contribution in [2.24, 2.45) is 0 Å². The van der Waals surface area contributed by atoms with E-state index in [9.17, 15) is 13.2 Å². The molecule has 152 valence electrons.